The number of carbonyl (C=O) groups is 1. The molecule has 2 saturated heterocycles. The van der Waals surface area contributed by atoms with Gasteiger partial charge in [0, 0.05) is 42.6 Å². The first-order valence-corrected chi connectivity index (χ1v) is 12.3. The van der Waals surface area contributed by atoms with Crippen LogP contribution in [0, 0.1) is 5.92 Å². The molecule has 2 aliphatic heterocycles. The van der Waals surface area contributed by atoms with Crippen LogP contribution >= 0.6 is 0 Å². The normalized spacial score (nSPS) is 21.3. The third-order valence-corrected chi connectivity index (χ3v) is 7.47. The summed E-state index contributed by atoms with van der Waals surface area (Å²) in [6.45, 7) is 0. The minimum atomic E-state index is 0.0758. The van der Waals surface area contributed by atoms with Crippen molar-refractivity contribution in [3.8, 4) is 5.75 Å². The van der Waals surface area contributed by atoms with Crippen molar-refractivity contribution in [2.45, 2.75) is 44.2 Å². The number of anilines is 2. The topological polar surface area (TPSA) is 71.8 Å². The Bertz CT molecular complexity index is 1330. The number of pyridine rings is 1. The van der Waals surface area contributed by atoms with Gasteiger partial charge >= 0.3 is 0 Å². The first kappa shape index (κ1) is 21.6. The molecular formula is C28H29N5O2. The quantitative estimate of drug-likeness (QED) is 0.427. The Morgan fingerprint density at radius 1 is 1.00 bits per heavy atom. The van der Waals surface area contributed by atoms with Crippen molar-refractivity contribution in [2.75, 3.05) is 12.4 Å². The molecule has 2 aliphatic rings. The van der Waals surface area contributed by atoms with E-state index in [1.54, 1.807) is 13.3 Å². The Balaban J connectivity index is 1.19. The highest BCUT2D eigenvalue weighted by atomic mass is 16.5. The van der Waals surface area contributed by atoms with Crippen LogP contribution in [0.1, 0.15) is 41.7 Å². The van der Waals surface area contributed by atoms with E-state index in [1.807, 2.05) is 48.8 Å². The lowest BCUT2D eigenvalue weighted by Crippen LogP contribution is -2.47. The van der Waals surface area contributed by atoms with Crippen molar-refractivity contribution in [1.82, 2.24) is 19.3 Å². The molecular weight excluding hydrogens is 438 g/mol. The van der Waals surface area contributed by atoms with Crippen LogP contribution in [0.15, 0.2) is 73.3 Å². The number of methoxy groups -OCH3 is 1. The molecule has 2 bridgehead atoms. The van der Waals surface area contributed by atoms with Crippen molar-refractivity contribution in [3.63, 3.8) is 0 Å². The smallest absolute Gasteiger partial charge is 0.258 e. The number of rotatable bonds is 6. The number of hydrogen-bond donors (Lipinski definition) is 1. The van der Waals surface area contributed by atoms with Gasteiger partial charge in [-0.25, -0.2) is 4.98 Å². The molecule has 0 spiro atoms. The fourth-order valence-corrected chi connectivity index (χ4v) is 5.88. The number of benzene rings is 1. The lowest BCUT2D eigenvalue weighted by Gasteiger charge is -2.39. The summed E-state index contributed by atoms with van der Waals surface area (Å²) in [6.07, 6.45) is 12.8. The van der Waals surface area contributed by atoms with Crippen molar-refractivity contribution in [3.05, 3.63) is 84.6 Å². The van der Waals surface area contributed by atoms with E-state index >= 15 is 0 Å². The Kier molecular flexibility index (Phi) is 5.60. The van der Waals surface area contributed by atoms with Gasteiger partial charge in [-0.3, -0.25) is 9.78 Å². The molecule has 2 fully saturated rings. The highest BCUT2D eigenvalue weighted by Gasteiger charge is 2.44. The molecule has 1 aromatic carbocycles. The predicted molar refractivity (Wildman–Crippen MR) is 135 cm³/mol. The minimum absolute atomic E-state index is 0.0758. The monoisotopic (exact) mass is 467 g/mol. The Morgan fingerprint density at radius 2 is 1.80 bits per heavy atom. The van der Waals surface area contributed by atoms with E-state index in [0.29, 0.717) is 17.3 Å². The van der Waals surface area contributed by atoms with Gasteiger partial charge in [-0.2, -0.15) is 0 Å². The molecule has 1 N–H and O–H groups in total. The summed E-state index contributed by atoms with van der Waals surface area (Å²) in [4.78, 5) is 25.1. The third kappa shape index (κ3) is 4.11. The van der Waals surface area contributed by atoms with Crippen LogP contribution < -0.4 is 10.1 Å². The zero-order valence-electron chi connectivity index (χ0n) is 19.8. The zero-order valence-corrected chi connectivity index (χ0v) is 19.8. The second kappa shape index (κ2) is 9.06. The summed E-state index contributed by atoms with van der Waals surface area (Å²) >= 11 is 0. The zero-order chi connectivity index (χ0) is 23.8. The molecule has 7 heteroatoms. The molecule has 5 heterocycles. The molecule has 2 unspecified atom stereocenters. The second-order valence-electron chi connectivity index (χ2n) is 9.57. The van der Waals surface area contributed by atoms with Crippen LogP contribution in [0.2, 0.25) is 0 Å². The van der Waals surface area contributed by atoms with Gasteiger partial charge in [0.2, 0.25) is 0 Å². The van der Waals surface area contributed by atoms with Crippen LogP contribution in [0.25, 0.3) is 5.52 Å². The Labute approximate surface area is 204 Å². The maximum atomic E-state index is 13.8. The Hall–Kier alpha value is -3.87. The maximum absolute atomic E-state index is 13.8. The summed E-state index contributed by atoms with van der Waals surface area (Å²) < 4.78 is 7.38. The first-order valence-electron chi connectivity index (χ1n) is 12.3. The van der Waals surface area contributed by atoms with Crippen LogP contribution in [0.4, 0.5) is 11.5 Å². The van der Waals surface area contributed by atoms with E-state index in [-0.39, 0.29) is 18.0 Å². The van der Waals surface area contributed by atoms with Crippen molar-refractivity contribution >= 4 is 22.9 Å². The Morgan fingerprint density at radius 3 is 2.57 bits per heavy atom. The van der Waals surface area contributed by atoms with Crippen molar-refractivity contribution in [2.24, 2.45) is 5.92 Å². The maximum Gasteiger partial charge on any atom is 0.258 e. The van der Waals surface area contributed by atoms with E-state index < -0.39 is 0 Å². The average Bonchev–Trinajstić information content (AvgIpc) is 3.47. The number of piperidine rings is 1. The SMILES string of the molecule is COc1ccc(Nc2ncccc2C(=O)N2C3CCC2CC(Cc2nccn4cccc24)C3)cc1. The highest BCUT2D eigenvalue weighted by molar-refractivity contribution is 6.00. The molecule has 3 aromatic heterocycles. The average molecular weight is 468 g/mol. The summed E-state index contributed by atoms with van der Waals surface area (Å²) in [7, 11) is 1.65. The molecule has 0 radical (unpaired) electrons. The van der Waals surface area contributed by atoms with Crippen LogP contribution in [-0.2, 0) is 6.42 Å². The highest BCUT2D eigenvalue weighted by Crippen LogP contribution is 2.41. The van der Waals surface area contributed by atoms with Gasteiger partial charge in [-0.15, -0.1) is 0 Å². The fourth-order valence-electron chi connectivity index (χ4n) is 5.88. The van der Waals surface area contributed by atoms with Gasteiger partial charge in [0.25, 0.3) is 5.91 Å². The summed E-state index contributed by atoms with van der Waals surface area (Å²) in [6, 6.07) is 16.1. The lowest BCUT2D eigenvalue weighted by atomic mass is 9.86. The van der Waals surface area contributed by atoms with Gasteiger partial charge < -0.3 is 19.4 Å². The number of amides is 1. The van der Waals surface area contributed by atoms with Crippen LogP contribution in [-0.4, -0.2) is 44.4 Å². The minimum Gasteiger partial charge on any atom is -0.497 e. The number of ether oxygens (including phenoxy) is 1. The third-order valence-electron chi connectivity index (χ3n) is 7.47. The lowest BCUT2D eigenvalue weighted by molar-refractivity contribution is 0.0525. The van der Waals surface area contributed by atoms with E-state index in [9.17, 15) is 4.79 Å². The first-order chi connectivity index (χ1) is 17.2. The summed E-state index contributed by atoms with van der Waals surface area (Å²) in [5.41, 5.74) is 3.83. The molecule has 0 aliphatic carbocycles. The summed E-state index contributed by atoms with van der Waals surface area (Å²) in [5, 5.41) is 3.33. The van der Waals surface area contributed by atoms with Crippen molar-refractivity contribution in [1.29, 1.82) is 0 Å². The molecule has 1 amide bonds. The van der Waals surface area contributed by atoms with Crippen LogP contribution in [0.3, 0.4) is 0 Å². The second-order valence-corrected chi connectivity index (χ2v) is 9.57. The van der Waals surface area contributed by atoms with Crippen molar-refractivity contribution < 1.29 is 9.53 Å². The number of nitrogens with one attached hydrogen (secondary N) is 1. The number of carbonyl (C=O) groups excluding carboxylic acids is 1. The van der Waals surface area contributed by atoms with Gasteiger partial charge in [0.15, 0.2) is 0 Å². The number of nitrogens with zero attached hydrogens (tertiary/aromatic N) is 4. The summed E-state index contributed by atoms with van der Waals surface area (Å²) in [5.74, 6) is 1.99. The standard InChI is InChI=1S/C28H29N5O2/c1-35-23-10-6-20(7-11-23)31-27-24(4-2-12-30-27)28(34)33-21-8-9-22(33)17-19(16-21)18-25-26-5-3-14-32(26)15-13-29-25/h2-7,10-15,19,21-22H,8-9,16-18H2,1H3,(H,30,31). The molecule has 0 saturated carbocycles. The van der Waals surface area contributed by atoms with E-state index in [1.165, 1.54) is 5.52 Å². The molecule has 7 nitrogen and oxygen atoms in total. The number of hydrogen-bond acceptors (Lipinski definition) is 5. The molecule has 35 heavy (non-hydrogen) atoms. The van der Waals surface area contributed by atoms with Gasteiger partial charge in [0.05, 0.1) is 23.9 Å². The van der Waals surface area contributed by atoms with Crippen LogP contribution in [0.5, 0.6) is 5.75 Å². The molecule has 6 rings (SSSR count). The predicted octanol–water partition coefficient (Wildman–Crippen LogP) is 5.11. The van der Waals surface area contributed by atoms with Gasteiger partial charge in [-0.05, 0) is 86.6 Å². The van der Waals surface area contributed by atoms with E-state index in [4.69, 9.17) is 4.74 Å². The fraction of sp³-hybridized carbons (Fsp3) is 0.321. The molecule has 2 atom stereocenters. The molecule has 4 aromatic rings. The number of aromatic nitrogens is 3. The van der Waals surface area contributed by atoms with Gasteiger partial charge in [0.1, 0.15) is 11.6 Å². The van der Waals surface area contributed by atoms with E-state index in [2.05, 4.69) is 42.9 Å². The number of fused-ring (bicyclic) bond motifs is 3. The van der Waals surface area contributed by atoms with E-state index in [0.717, 1.165) is 49.2 Å². The molecule has 178 valence electrons. The van der Waals surface area contributed by atoms with Gasteiger partial charge in [-0.1, -0.05) is 0 Å². The largest absolute Gasteiger partial charge is 0.497 e.